The molecule has 18 heavy (non-hydrogen) atoms. The van der Waals surface area contributed by atoms with E-state index in [9.17, 15) is 4.79 Å². The average molecular weight is 237 g/mol. The molecule has 90 valence electrons. The minimum Gasteiger partial charge on any atom is -0.352 e. The lowest BCUT2D eigenvalue weighted by molar-refractivity contribution is 0.0956. The predicted octanol–water partition coefficient (Wildman–Crippen LogP) is 2.95. The number of carbonyl (C=O) groups is 1. The highest BCUT2D eigenvalue weighted by Crippen LogP contribution is 2.31. The van der Waals surface area contributed by atoms with Crippen molar-refractivity contribution in [1.82, 2.24) is 5.32 Å². The van der Waals surface area contributed by atoms with Crippen molar-refractivity contribution in [3.63, 3.8) is 0 Å². The van der Waals surface area contributed by atoms with Crippen LogP contribution in [0, 0.1) is 0 Å². The second-order valence-corrected chi connectivity index (χ2v) is 4.60. The Balaban J connectivity index is 2.11. The summed E-state index contributed by atoms with van der Waals surface area (Å²) < 4.78 is 0. The van der Waals surface area contributed by atoms with E-state index in [-0.39, 0.29) is 5.91 Å². The standard InChI is InChI=1S/C16H15NO/c18-16-15-9-5-4-8-14(15)13(10-11-17-16)12-6-2-1-3-7-12/h1-9,13H,10-11H2,(H,17,18). The van der Waals surface area contributed by atoms with Gasteiger partial charge < -0.3 is 5.32 Å². The number of carbonyl (C=O) groups excluding carboxylic acids is 1. The molecule has 0 saturated heterocycles. The zero-order valence-electron chi connectivity index (χ0n) is 10.1. The van der Waals surface area contributed by atoms with E-state index >= 15 is 0 Å². The molecule has 3 rings (SSSR count). The largest absolute Gasteiger partial charge is 0.352 e. The highest BCUT2D eigenvalue weighted by Gasteiger charge is 2.23. The van der Waals surface area contributed by atoms with E-state index in [0.29, 0.717) is 5.92 Å². The molecule has 2 aromatic carbocycles. The van der Waals surface area contributed by atoms with Crippen LogP contribution in [-0.4, -0.2) is 12.5 Å². The van der Waals surface area contributed by atoms with Gasteiger partial charge in [0.05, 0.1) is 0 Å². The fraction of sp³-hybridized carbons (Fsp3) is 0.188. The molecule has 0 fully saturated rings. The molecule has 1 amide bonds. The number of hydrogen-bond donors (Lipinski definition) is 1. The average Bonchev–Trinajstić information content (AvgIpc) is 2.60. The van der Waals surface area contributed by atoms with Gasteiger partial charge in [-0.15, -0.1) is 0 Å². The van der Waals surface area contributed by atoms with E-state index in [2.05, 4.69) is 35.6 Å². The molecule has 1 N–H and O–H groups in total. The molecule has 2 aromatic rings. The van der Waals surface area contributed by atoms with Crippen LogP contribution >= 0.6 is 0 Å². The van der Waals surface area contributed by atoms with Crippen molar-refractivity contribution in [1.29, 1.82) is 0 Å². The minimum absolute atomic E-state index is 0.0454. The molecule has 0 bridgehead atoms. The van der Waals surface area contributed by atoms with Crippen molar-refractivity contribution in [3.8, 4) is 0 Å². The smallest absolute Gasteiger partial charge is 0.251 e. The Bertz CT molecular complexity index is 562. The van der Waals surface area contributed by atoms with Gasteiger partial charge in [0, 0.05) is 18.0 Å². The fourth-order valence-electron chi connectivity index (χ4n) is 2.62. The maximum absolute atomic E-state index is 12.0. The van der Waals surface area contributed by atoms with Crippen LogP contribution in [0.25, 0.3) is 0 Å². The molecule has 0 saturated carbocycles. The first kappa shape index (κ1) is 11.0. The minimum atomic E-state index is 0.0454. The number of hydrogen-bond acceptors (Lipinski definition) is 1. The summed E-state index contributed by atoms with van der Waals surface area (Å²) in [6.45, 7) is 0.729. The Kier molecular flexibility index (Phi) is 2.85. The quantitative estimate of drug-likeness (QED) is 0.811. The first-order chi connectivity index (χ1) is 8.86. The van der Waals surface area contributed by atoms with Gasteiger partial charge in [-0.3, -0.25) is 4.79 Å². The van der Waals surface area contributed by atoms with Crippen LogP contribution in [0.5, 0.6) is 0 Å². The summed E-state index contributed by atoms with van der Waals surface area (Å²) in [4.78, 5) is 12.0. The van der Waals surface area contributed by atoms with Gasteiger partial charge in [0.25, 0.3) is 5.91 Å². The Morgan fingerprint density at radius 3 is 2.50 bits per heavy atom. The number of nitrogens with one attached hydrogen (secondary N) is 1. The van der Waals surface area contributed by atoms with Crippen LogP contribution in [0.1, 0.15) is 33.8 Å². The first-order valence-electron chi connectivity index (χ1n) is 6.28. The van der Waals surface area contributed by atoms with Gasteiger partial charge in [-0.2, -0.15) is 0 Å². The number of amides is 1. The van der Waals surface area contributed by atoms with Gasteiger partial charge in [0.15, 0.2) is 0 Å². The SMILES string of the molecule is O=C1NCCC(c2ccccc2)c2ccccc21. The molecule has 0 aromatic heterocycles. The molecule has 0 radical (unpaired) electrons. The van der Waals surface area contributed by atoms with Crippen LogP contribution in [0.4, 0.5) is 0 Å². The van der Waals surface area contributed by atoms with Crippen LogP contribution in [0.2, 0.25) is 0 Å². The summed E-state index contributed by atoms with van der Waals surface area (Å²) in [5.41, 5.74) is 3.23. The number of fused-ring (bicyclic) bond motifs is 1. The molecule has 2 nitrogen and oxygen atoms in total. The number of benzene rings is 2. The monoisotopic (exact) mass is 237 g/mol. The van der Waals surface area contributed by atoms with Crippen molar-refractivity contribution in [2.24, 2.45) is 0 Å². The third-order valence-corrected chi connectivity index (χ3v) is 3.50. The van der Waals surface area contributed by atoms with Crippen molar-refractivity contribution >= 4 is 5.91 Å². The summed E-state index contributed by atoms with van der Waals surface area (Å²) in [6, 6.07) is 18.3. The molecular formula is C16H15NO. The molecule has 2 heteroatoms. The van der Waals surface area contributed by atoms with Crippen molar-refractivity contribution < 1.29 is 4.79 Å². The lowest BCUT2D eigenvalue weighted by Gasteiger charge is -2.16. The van der Waals surface area contributed by atoms with Crippen molar-refractivity contribution in [2.75, 3.05) is 6.54 Å². The lowest BCUT2D eigenvalue weighted by atomic mass is 9.86. The normalized spacial score (nSPS) is 18.7. The second-order valence-electron chi connectivity index (χ2n) is 4.60. The van der Waals surface area contributed by atoms with Crippen LogP contribution in [0.3, 0.4) is 0 Å². The first-order valence-corrected chi connectivity index (χ1v) is 6.28. The zero-order chi connectivity index (χ0) is 12.4. The summed E-state index contributed by atoms with van der Waals surface area (Å²) in [7, 11) is 0. The maximum atomic E-state index is 12.0. The van der Waals surface area contributed by atoms with Crippen LogP contribution in [0.15, 0.2) is 54.6 Å². The highest BCUT2D eigenvalue weighted by molar-refractivity contribution is 5.96. The van der Waals surface area contributed by atoms with E-state index in [1.807, 2.05) is 24.3 Å². The zero-order valence-corrected chi connectivity index (χ0v) is 10.1. The van der Waals surface area contributed by atoms with E-state index in [1.54, 1.807) is 0 Å². The Morgan fingerprint density at radius 2 is 1.67 bits per heavy atom. The summed E-state index contributed by atoms with van der Waals surface area (Å²) in [5, 5.41) is 2.96. The van der Waals surface area contributed by atoms with E-state index < -0.39 is 0 Å². The molecule has 1 atom stereocenters. The summed E-state index contributed by atoms with van der Waals surface area (Å²) in [5.74, 6) is 0.352. The third-order valence-electron chi connectivity index (χ3n) is 3.50. The third kappa shape index (κ3) is 1.90. The van der Waals surface area contributed by atoms with Crippen LogP contribution < -0.4 is 5.32 Å². The molecule has 1 unspecified atom stereocenters. The van der Waals surface area contributed by atoms with Crippen molar-refractivity contribution in [3.05, 3.63) is 71.3 Å². The molecule has 0 spiro atoms. The van der Waals surface area contributed by atoms with Gasteiger partial charge in [-0.1, -0.05) is 48.5 Å². The molecular weight excluding hydrogens is 222 g/mol. The van der Waals surface area contributed by atoms with E-state index in [1.165, 1.54) is 5.56 Å². The molecule has 1 heterocycles. The summed E-state index contributed by atoms with van der Waals surface area (Å²) >= 11 is 0. The van der Waals surface area contributed by atoms with E-state index in [0.717, 1.165) is 24.1 Å². The molecule has 0 aliphatic carbocycles. The van der Waals surface area contributed by atoms with Gasteiger partial charge in [0.1, 0.15) is 0 Å². The lowest BCUT2D eigenvalue weighted by Crippen LogP contribution is -2.22. The van der Waals surface area contributed by atoms with Gasteiger partial charge in [0.2, 0.25) is 0 Å². The molecule has 1 aliphatic rings. The van der Waals surface area contributed by atoms with Gasteiger partial charge in [-0.25, -0.2) is 0 Å². The highest BCUT2D eigenvalue weighted by atomic mass is 16.1. The number of rotatable bonds is 1. The van der Waals surface area contributed by atoms with E-state index in [4.69, 9.17) is 0 Å². The Labute approximate surface area is 107 Å². The fourth-order valence-corrected chi connectivity index (χ4v) is 2.62. The second kappa shape index (κ2) is 4.65. The predicted molar refractivity (Wildman–Crippen MR) is 71.7 cm³/mol. The Hall–Kier alpha value is -2.09. The topological polar surface area (TPSA) is 29.1 Å². The van der Waals surface area contributed by atoms with Crippen molar-refractivity contribution in [2.45, 2.75) is 12.3 Å². The maximum Gasteiger partial charge on any atom is 0.251 e. The Morgan fingerprint density at radius 1 is 0.944 bits per heavy atom. The summed E-state index contributed by atoms with van der Waals surface area (Å²) in [6.07, 6.45) is 0.951. The van der Waals surface area contributed by atoms with Crippen LogP contribution in [-0.2, 0) is 0 Å². The molecule has 1 aliphatic heterocycles. The van der Waals surface area contributed by atoms with Gasteiger partial charge in [-0.05, 0) is 23.6 Å². The van der Waals surface area contributed by atoms with Gasteiger partial charge >= 0.3 is 0 Å².